The fourth-order valence-corrected chi connectivity index (χ4v) is 5.45. The predicted molar refractivity (Wildman–Crippen MR) is 126 cm³/mol. The van der Waals surface area contributed by atoms with Crippen molar-refractivity contribution in [2.24, 2.45) is 17.8 Å². The summed E-state index contributed by atoms with van der Waals surface area (Å²) < 4.78 is 5.57. The molecule has 2 aromatic rings. The lowest BCUT2D eigenvalue weighted by molar-refractivity contribution is -0.142. The van der Waals surface area contributed by atoms with E-state index in [4.69, 9.17) is 9.84 Å². The largest absolute Gasteiger partial charge is 0.481 e. The fourth-order valence-electron chi connectivity index (χ4n) is 5.45. The molecule has 2 unspecified atom stereocenters. The minimum Gasteiger partial charge on any atom is -0.481 e. The number of carboxylic acids is 1. The fraction of sp³-hybridized carbons (Fsp3) is 0.444. The van der Waals surface area contributed by atoms with Gasteiger partial charge in [-0.2, -0.15) is 0 Å². The van der Waals surface area contributed by atoms with Gasteiger partial charge in [0.15, 0.2) is 0 Å². The van der Waals surface area contributed by atoms with Crippen molar-refractivity contribution >= 4 is 18.0 Å². The Labute approximate surface area is 198 Å². The highest BCUT2D eigenvalue weighted by Gasteiger charge is 2.43. The second kappa shape index (κ2) is 9.49. The van der Waals surface area contributed by atoms with E-state index >= 15 is 0 Å². The average Bonchev–Trinajstić information content (AvgIpc) is 3.57. The highest BCUT2D eigenvalue weighted by Crippen LogP contribution is 2.44. The SMILES string of the molecule is O=C(NCC1CC1C(=O)NC1CCC(C(=O)O)CC1)OCC1c2ccccc2-c2ccccc21. The van der Waals surface area contributed by atoms with Gasteiger partial charge in [0.05, 0.1) is 5.92 Å². The molecule has 34 heavy (non-hydrogen) atoms. The molecule has 0 bridgehead atoms. The molecule has 0 heterocycles. The second-order valence-electron chi connectivity index (χ2n) is 9.70. The summed E-state index contributed by atoms with van der Waals surface area (Å²) >= 11 is 0. The number of amides is 2. The van der Waals surface area contributed by atoms with Crippen molar-refractivity contribution in [3.63, 3.8) is 0 Å². The Balaban J connectivity index is 1.05. The lowest BCUT2D eigenvalue weighted by Crippen LogP contribution is -2.40. The third-order valence-electron chi connectivity index (χ3n) is 7.53. The van der Waals surface area contributed by atoms with Gasteiger partial charge in [0.2, 0.25) is 5.91 Å². The van der Waals surface area contributed by atoms with Crippen molar-refractivity contribution in [3.05, 3.63) is 59.7 Å². The number of hydrogen-bond donors (Lipinski definition) is 3. The molecular formula is C27H30N2O5. The van der Waals surface area contributed by atoms with Crippen LogP contribution in [0, 0.1) is 17.8 Å². The van der Waals surface area contributed by atoms with E-state index in [-0.39, 0.29) is 42.2 Å². The summed E-state index contributed by atoms with van der Waals surface area (Å²) in [5, 5.41) is 15.0. The minimum atomic E-state index is -0.744. The van der Waals surface area contributed by atoms with Gasteiger partial charge in [-0.15, -0.1) is 0 Å². The van der Waals surface area contributed by atoms with E-state index in [0.717, 1.165) is 6.42 Å². The maximum Gasteiger partial charge on any atom is 0.407 e. The number of benzene rings is 2. The molecule has 7 heteroatoms. The van der Waals surface area contributed by atoms with E-state index < -0.39 is 12.1 Å². The lowest BCUT2D eigenvalue weighted by atomic mass is 9.86. The van der Waals surface area contributed by atoms with Crippen molar-refractivity contribution in [1.29, 1.82) is 0 Å². The first-order chi connectivity index (χ1) is 16.5. The van der Waals surface area contributed by atoms with Gasteiger partial charge in [-0.1, -0.05) is 48.5 Å². The van der Waals surface area contributed by atoms with Crippen molar-refractivity contribution in [3.8, 4) is 11.1 Å². The van der Waals surface area contributed by atoms with E-state index in [1.54, 1.807) is 0 Å². The molecule has 3 aliphatic carbocycles. The van der Waals surface area contributed by atoms with E-state index in [1.807, 2.05) is 24.3 Å². The van der Waals surface area contributed by atoms with Gasteiger partial charge >= 0.3 is 12.1 Å². The topological polar surface area (TPSA) is 105 Å². The Kier molecular flexibility index (Phi) is 6.26. The molecule has 0 spiro atoms. The summed E-state index contributed by atoms with van der Waals surface area (Å²) in [7, 11) is 0. The number of hydrogen-bond acceptors (Lipinski definition) is 4. The van der Waals surface area contributed by atoms with Gasteiger partial charge in [-0.3, -0.25) is 9.59 Å². The summed E-state index contributed by atoms with van der Waals surface area (Å²) in [6, 6.07) is 16.5. The number of nitrogens with one attached hydrogen (secondary N) is 2. The summed E-state index contributed by atoms with van der Waals surface area (Å²) in [5.41, 5.74) is 4.73. The van der Waals surface area contributed by atoms with Gasteiger partial charge < -0.3 is 20.5 Å². The predicted octanol–water partition coefficient (Wildman–Crippen LogP) is 3.92. The van der Waals surface area contributed by atoms with Crippen LogP contribution in [0.4, 0.5) is 4.79 Å². The molecule has 0 aliphatic heterocycles. The molecular weight excluding hydrogens is 432 g/mol. The monoisotopic (exact) mass is 462 g/mol. The number of fused-ring (bicyclic) bond motifs is 3. The average molecular weight is 463 g/mol. The number of aliphatic carboxylic acids is 1. The van der Waals surface area contributed by atoms with Gasteiger partial charge in [-0.05, 0) is 60.3 Å². The molecule has 2 atom stereocenters. The quantitative estimate of drug-likeness (QED) is 0.579. The molecule has 2 saturated carbocycles. The summed E-state index contributed by atoms with van der Waals surface area (Å²) in [6.45, 7) is 0.688. The summed E-state index contributed by atoms with van der Waals surface area (Å²) in [5.74, 6) is -0.969. The minimum absolute atomic E-state index is 0.0121. The smallest absolute Gasteiger partial charge is 0.407 e. The lowest BCUT2D eigenvalue weighted by Gasteiger charge is -2.26. The number of rotatable bonds is 7. The van der Waals surface area contributed by atoms with E-state index in [1.165, 1.54) is 22.3 Å². The standard InChI is InChI=1S/C27H30N2O5/c30-25(29-18-11-9-16(10-12-18)26(31)32)23-13-17(23)14-28-27(33)34-15-24-21-7-3-1-5-19(21)20-6-2-4-8-22(20)24/h1-8,16-18,23-24H,9-15H2,(H,28,33)(H,29,30)(H,31,32). The maximum absolute atomic E-state index is 12.5. The molecule has 2 aromatic carbocycles. The Hall–Kier alpha value is -3.35. The van der Waals surface area contributed by atoms with Crippen molar-refractivity contribution in [1.82, 2.24) is 10.6 Å². The molecule has 2 amide bonds. The zero-order valence-corrected chi connectivity index (χ0v) is 19.0. The van der Waals surface area contributed by atoms with Crippen LogP contribution in [-0.2, 0) is 14.3 Å². The highest BCUT2D eigenvalue weighted by atomic mass is 16.5. The van der Waals surface area contributed by atoms with E-state index in [2.05, 4.69) is 34.9 Å². The van der Waals surface area contributed by atoms with Crippen LogP contribution < -0.4 is 10.6 Å². The van der Waals surface area contributed by atoms with Crippen LogP contribution in [0.15, 0.2) is 48.5 Å². The summed E-state index contributed by atoms with van der Waals surface area (Å²) in [4.78, 5) is 35.9. The third kappa shape index (κ3) is 4.65. The molecule has 178 valence electrons. The van der Waals surface area contributed by atoms with Gasteiger partial charge in [0.25, 0.3) is 0 Å². The number of carbonyl (C=O) groups is 3. The second-order valence-corrected chi connectivity index (χ2v) is 9.70. The zero-order valence-electron chi connectivity index (χ0n) is 19.0. The van der Waals surface area contributed by atoms with Crippen LogP contribution in [0.3, 0.4) is 0 Å². The number of carbonyl (C=O) groups excluding carboxylic acids is 2. The molecule has 0 radical (unpaired) electrons. The van der Waals surface area contributed by atoms with Gasteiger partial charge in [-0.25, -0.2) is 4.79 Å². The van der Waals surface area contributed by atoms with Crippen LogP contribution in [0.5, 0.6) is 0 Å². The van der Waals surface area contributed by atoms with Crippen molar-refractivity contribution < 1.29 is 24.2 Å². The van der Waals surface area contributed by atoms with Crippen LogP contribution in [0.1, 0.15) is 49.1 Å². The van der Waals surface area contributed by atoms with Crippen molar-refractivity contribution in [2.45, 2.75) is 44.1 Å². The maximum atomic E-state index is 12.5. The van der Waals surface area contributed by atoms with E-state index in [0.29, 0.717) is 32.2 Å². The Morgan fingerprint density at radius 1 is 0.912 bits per heavy atom. The third-order valence-corrected chi connectivity index (χ3v) is 7.53. The first kappa shape index (κ1) is 22.4. The Morgan fingerprint density at radius 2 is 1.53 bits per heavy atom. The first-order valence-electron chi connectivity index (χ1n) is 12.1. The van der Waals surface area contributed by atoms with Crippen LogP contribution in [-0.4, -0.2) is 42.3 Å². The first-order valence-corrected chi connectivity index (χ1v) is 12.1. The molecule has 5 rings (SSSR count). The van der Waals surface area contributed by atoms with Crippen LogP contribution >= 0.6 is 0 Å². The van der Waals surface area contributed by atoms with E-state index in [9.17, 15) is 14.4 Å². The molecule has 0 aromatic heterocycles. The molecule has 3 aliphatic rings. The number of alkyl carbamates (subject to hydrolysis) is 1. The van der Waals surface area contributed by atoms with Gasteiger partial charge in [0, 0.05) is 24.4 Å². The molecule has 3 N–H and O–H groups in total. The summed E-state index contributed by atoms with van der Waals surface area (Å²) in [6.07, 6.45) is 2.92. The Bertz CT molecular complexity index is 1050. The number of carboxylic acid groups (broad SMARTS) is 1. The van der Waals surface area contributed by atoms with Crippen LogP contribution in [0.2, 0.25) is 0 Å². The molecule has 0 saturated heterocycles. The van der Waals surface area contributed by atoms with Gasteiger partial charge in [0.1, 0.15) is 6.61 Å². The Morgan fingerprint density at radius 3 is 2.15 bits per heavy atom. The molecule has 2 fully saturated rings. The molecule has 7 nitrogen and oxygen atoms in total. The van der Waals surface area contributed by atoms with Crippen LogP contribution in [0.25, 0.3) is 11.1 Å². The number of ether oxygens (including phenoxy) is 1. The highest BCUT2D eigenvalue weighted by molar-refractivity contribution is 5.82. The van der Waals surface area contributed by atoms with Crippen molar-refractivity contribution in [2.75, 3.05) is 13.2 Å². The normalized spacial score (nSPS) is 25.1. The zero-order chi connectivity index (χ0) is 23.7.